The fraction of sp³-hybridized carbons (Fsp3) is 0.455. The summed E-state index contributed by atoms with van der Waals surface area (Å²) in [5.74, 6) is 0.883. The number of ether oxygens (including phenoxy) is 2. The van der Waals surface area contributed by atoms with Gasteiger partial charge in [-0.25, -0.2) is 0 Å². The summed E-state index contributed by atoms with van der Waals surface area (Å²) in [5.41, 5.74) is 1.17. The average Bonchev–Trinajstić information content (AvgIpc) is 2.26. The molecule has 0 unspecified atom stereocenters. The van der Waals surface area contributed by atoms with E-state index in [9.17, 15) is 0 Å². The number of likely N-dealkylation sites (N-methyl/N-ethyl adjacent to an activating group) is 1. The number of nitrogens with zero attached hydrogens (tertiary/aromatic N) is 1. The van der Waals surface area contributed by atoms with Gasteiger partial charge in [0.15, 0.2) is 0 Å². The first kappa shape index (κ1) is 10.9. The van der Waals surface area contributed by atoms with Crippen LogP contribution in [0, 0.1) is 0 Å². The molecule has 0 saturated heterocycles. The van der Waals surface area contributed by atoms with E-state index in [-0.39, 0.29) is 0 Å². The molecule has 0 heterocycles. The molecular weight excluding hydrogens is 178 g/mol. The first-order chi connectivity index (χ1) is 6.77. The Morgan fingerprint density at radius 1 is 1.14 bits per heavy atom. The van der Waals surface area contributed by atoms with Crippen molar-refractivity contribution in [2.24, 2.45) is 0 Å². The van der Waals surface area contributed by atoms with E-state index in [0.29, 0.717) is 0 Å². The lowest BCUT2D eigenvalue weighted by molar-refractivity contribution is 0.206. The van der Waals surface area contributed by atoms with E-state index in [1.807, 2.05) is 31.3 Å². The molecule has 0 aliphatic carbocycles. The molecule has 3 nitrogen and oxygen atoms in total. The maximum Gasteiger partial charge on any atom is 0.119 e. The van der Waals surface area contributed by atoms with Gasteiger partial charge < -0.3 is 14.4 Å². The Hall–Kier alpha value is -1.22. The smallest absolute Gasteiger partial charge is 0.119 e. The summed E-state index contributed by atoms with van der Waals surface area (Å²) >= 11 is 0. The molecule has 78 valence electrons. The van der Waals surface area contributed by atoms with Crippen LogP contribution in [-0.2, 0) is 4.74 Å². The number of anilines is 1. The number of hydrogen-bond donors (Lipinski definition) is 0. The molecule has 0 N–H and O–H groups in total. The van der Waals surface area contributed by atoms with Gasteiger partial charge in [0, 0.05) is 26.4 Å². The second-order valence-corrected chi connectivity index (χ2v) is 3.11. The topological polar surface area (TPSA) is 21.7 Å². The van der Waals surface area contributed by atoms with E-state index in [2.05, 4.69) is 4.90 Å². The van der Waals surface area contributed by atoms with E-state index >= 15 is 0 Å². The van der Waals surface area contributed by atoms with Crippen molar-refractivity contribution in [3.05, 3.63) is 24.3 Å². The molecule has 0 aliphatic heterocycles. The highest BCUT2D eigenvalue weighted by Crippen LogP contribution is 2.17. The van der Waals surface area contributed by atoms with E-state index in [0.717, 1.165) is 18.9 Å². The van der Waals surface area contributed by atoms with Crippen molar-refractivity contribution in [2.75, 3.05) is 39.3 Å². The largest absolute Gasteiger partial charge is 0.497 e. The van der Waals surface area contributed by atoms with Gasteiger partial charge in [-0.3, -0.25) is 0 Å². The molecule has 1 aromatic rings. The molecule has 0 radical (unpaired) electrons. The molecular formula is C11H17NO2. The average molecular weight is 195 g/mol. The van der Waals surface area contributed by atoms with Gasteiger partial charge >= 0.3 is 0 Å². The van der Waals surface area contributed by atoms with Crippen molar-refractivity contribution >= 4 is 5.69 Å². The van der Waals surface area contributed by atoms with Crippen LogP contribution >= 0.6 is 0 Å². The number of methoxy groups -OCH3 is 2. The molecule has 1 aromatic carbocycles. The van der Waals surface area contributed by atoms with Crippen LogP contribution in [0.1, 0.15) is 0 Å². The standard InChI is InChI=1S/C11H17NO2/c1-12(8-9-13-2)10-4-6-11(14-3)7-5-10/h4-7H,8-9H2,1-3H3. The van der Waals surface area contributed by atoms with Crippen LogP contribution < -0.4 is 9.64 Å². The summed E-state index contributed by atoms with van der Waals surface area (Å²) in [4.78, 5) is 2.14. The lowest BCUT2D eigenvalue weighted by atomic mass is 10.3. The van der Waals surface area contributed by atoms with Crippen molar-refractivity contribution in [1.82, 2.24) is 0 Å². The van der Waals surface area contributed by atoms with Crippen molar-refractivity contribution < 1.29 is 9.47 Å². The summed E-state index contributed by atoms with van der Waals surface area (Å²) in [5, 5.41) is 0. The van der Waals surface area contributed by atoms with Crippen molar-refractivity contribution in [3.8, 4) is 5.75 Å². The summed E-state index contributed by atoms with van der Waals surface area (Å²) in [7, 11) is 5.42. The van der Waals surface area contributed by atoms with Gasteiger partial charge in [0.2, 0.25) is 0 Å². The number of hydrogen-bond acceptors (Lipinski definition) is 3. The third-order valence-electron chi connectivity index (χ3n) is 2.14. The molecule has 0 spiro atoms. The maximum atomic E-state index is 5.09. The molecule has 1 rings (SSSR count). The minimum atomic E-state index is 0.739. The maximum absolute atomic E-state index is 5.09. The van der Waals surface area contributed by atoms with Gasteiger partial charge in [0.1, 0.15) is 5.75 Å². The zero-order valence-corrected chi connectivity index (χ0v) is 8.99. The Balaban J connectivity index is 2.57. The Labute approximate surface area is 85.2 Å². The summed E-state index contributed by atoms with van der Waals surface area (Å²) in [6.07, 6.45) is 0. The van der Waals surface area contributed by atoms with E-state index in [1.54, 1.807) is 14.2 Å². The summed E-state index contributed by atoms with van der Waals surface area (Å²) < 4.78 is 10.1. The van der Waals surface area contributed by atoms with Crippen LogP contribution in [0.5, 0.6) is 5.75 Å². The van der Waals surface area contributed by atoms with Crippen molar-refractivity contribution in [1.29, 1.82) is 0 Å². The van der Waals surface area contributed by atoms with Crippen LogP contribution in [0.4, 0.5) is 5.69 Å². The number of rotatable bonds is 5. The quantitative estimate of drug-likeness (QED) is 0.714. The lowest BCUT2D eigenvalue weighted by Gasteiger charge is -2.18. The first-order valence-electron chi connectivity index (χ1n) is 4.62. The Bertz CT molecular complexity index is 258. The van der Waals surface area contributed by atoms with E-state index in [4.69, 9.17) is 9.47 Å². The third kappa shape index (κ3) is 2.92. The predicted molar refractivity (Wildman–Crippen MR) is 58.1 cm³/mol. The summed E-state index contributed by atoms with van der Waals surface area (Å²) in [6, 6.07) is 7.99. The monoisotopic (exact) mass is 195 g/mol. The zero-order chi connectivity index (χ0) is 10.4. The molecule has 0 bridgehead atoms. The number of benzene rings is 1. The highest BCUT2D eigenvalue weighted by Gasteiger charge is 1.99. The molecule has 0 atom stereocenters. The zero-order valence-electron chi connectivity index (χ0n) is 8.99. The Kier molecular flexibility index (Phi) is 4.26. The molecule has 0 aromatic heterocycles. The van der Waals surface area contributed by atoms with Crippen molar-refractivity contribution in [2.45, 2.75) is 0 Å². The molecule has 14 heavy (non-hydrogen) atoms. The van der Waals surface area contributed by atoms with Gasteiger partial charge in [-0.1, -0.05) is 0 Å². The molecule has 3 heteroatoms. The van der Waals surface area contributed by atoms with E-state index < -0.39 is 0 Å². The highest BCUT2D eigenvalue weighted by molar-refractivity contribution is 5.48. The molecule has 0 fully saturated rings. The third-order valence-corrected chi connectivity index (χ3v) is 2.14. The van der Waals surface area contributed by atoms with Crippen LogP contribution in [-0.4, -0.2) is 34.4 Å². The molecule has 0 aliphatic rings. The normalized spacial score (nSPS) is 9.93. The fourth-order valence-corrected chi connectivity index (χ4v) is 1.19. The van der Waals surface area contributed by atoms with Crippen LogP contribution in [0.3, 0.4) is 0 Å². The Morgan fingerprint density at radius 2 is 1.79 bits per heavy atom. The van der Waals surface area contributed by atoms with E-state index in [1.165, 1.54) is 5.69 Å². The van der Waals surface area contributed by atoms with Gasteiger partial charge in [-0.2, -0.15) is 0 Å². The lowest BCUT2D eigenvalue weighted by Crippen LogP contribution is -2.21. The first-order valence-corrected chi connectivity index (χ1v) is 4.62. The molecule has 0 saturated carbocycles. The van der Waals surface area contributed by atoms with Crippen LogP contribution in [0.2, 0.25) is 0 Å². The summed E-state index contributed by atoms with van der Waals surface area (Å²) in [6.45, 7) is 1.63. The second-order valence-electron chi connectivity index (χ2n) is 3.11. The van der Waals surface area contributed by atoms with Gasteiger partial charge in [0.05, 0.1) is 13.7 Å². The van der Waals surface area contributed by atoms with Crippen LogP contribution in [0.15, 0.2) is 24.3 Å². The van der Waals surface area contributed by atoms with Gasteiger partial charge in [-0.05, 0) is 24.3 Å². The minimum absolute atomic E-state index is 0.739. The SMILES string of the molecule is COCCN(C)c1ccc(OC)cc1. The van der Waals surface area contributed by atoms with Crippen molar-refractivity contribution in [3.63, 3.8) is 0 Å². The highest BCUT2D eigenvalue weighted by atomic mass is 16.5. The fourth-order valence-electron chi connectivity index (χ4n) is 1.19. The molecule has 0 amide bonds. The predicted octanol–water partition coefficient (Wildman–Crippen LogP) is 1.78. The van der Waals surface area contributed by atoms with Gasteiger partial charge in [-0.15, -0.1) is 0 Å². The minimum Gasteiger partial charge on any atom is -0.497 e. The second kappa shape index (κ2) is 5.50. The van der Waals surface area contributed by atoms with Crippen LogP contribution in [0.25, 0.3) is 0 Å². The Morgan fingerprint density at radius 3 is 2.29 bits per heavy atom. The van der Waals surface area contributed by atoms with Gasteiger partial charge in [0.25, 0.3) is 0 Å².